The van der Waals surface area contributed by atoms with Crippen molar-refractivity contribution in [2.45, 2.75) is 25.6 Å². The van der Waals surface area contributed by atoms with E-state index in [1.807, 2.05) is 19.1 Å². The maximum atomic E-state index is 12.0. The average molecular weight is 235 g/mol. The molecule has 2 heterocycles. The number of hydrogen-bond donors (Lipinski definition) is 2. The van der Waals surface area contributed by atoms with Gasteiger partial charge in [-0.1, -0.05) is 0 Å². The van der Waals surface area contributed by atoms with Crippen molar-refractivity contribution in [1.82, 2.24) is 15.2 Å². The molecule has 0 saturated carbocycles. The Bertz CT molecular complexity index is 383. The highest BCUT2D eigenvalue weighted by molar-refractivity contribution is 5.83. The van der Waals surface area contributed by atoms with Gasteiger partial charge in [-0.05, 0) is 24.6 Å². The lowest BCUT2D eigenvalue weighted by Gasteiger charge is -2.36. The Balaban J connectivity index is 2.07. The molecule has 2 unspecified atom stereocenters. The number of aromatic nitrogens is 1. The first-order chi connectivity index (χ1) is 8.20. The average Bonchev–Trinajstić information content (AvgIpc) is 2.34. The van der Waals surface area contributed by atoms with E-state index in [4.69, 9.17) is 5.11 Å². The summed E-state index contributed by atoms with van der Waals surface area (Å²) in [6.07, 6.45) is 3.43. The van der Waals surface area contributed by atoms with Gasteiger partial charge in [0.25, 0.3) is 0 Å². The van der Waals surface area contributed by atoms with Crippen molar-refractivity contribution >= 4 is 5.91 Å². The molecule has 0 spiro atoms. The lowest BCUT2D eigenvalue weighted by molar-refractivity contribution is -0.138. The number of amides is 1. The van der Waals surface area contributed by atoms with Crippen LogP contribution in [0.25, 0.3) is 0 Å². The van der Waals surface area contributed by atoms with Crippen molar-refractivity contribution in [3.05, 3.63) is 30.1 Å². The fraction of sp³-hybridized carbons (Fsp3) is 0.500. The lowest BCUT2D eigenvalue weighted by Crippen LogP contribution is -2.60. The molecule has 92 valence electrons. The molecule has 1 amide bonds. The molecule has 1 aromatic rings. The number of aliphatic hydroxyl groups excluding tert-OH is 1. The fourth-order valence-electron chi connectivity index (χ4n) is 2.09. The van der Waals surface area contributed by atoms with Gasteiger partial charge in [0.05, 0.1) is 6.61 Å². The van der Waals surface area contributed by atoms with Gasteiger partial charge in [-0.25, -0.2) is 0 Å². The van der Waals surface area contributed by atoms with Crippen molar-refractivity contribution in [2.24, 2.45) is 0 Å². The molecule has 2 N–H and O–H groups in total. The highest BCUT2D eigenvalue weighted by atomic mass is 16.3. The molecule has 1 fully saturated rings. The Hall–Kier alpha value is -1.46. The van der Waals surface area contributed by atoms with Crippen LogP contribution in [0, 0.1) is 0 Å². The molecule has 1 aliphatic rings. The molecule has 17 heavy (non-hydrogen) atoms. The van der Waals surface area contributed by atoms with Gasteiger partial charge in [0.1, 0.15) is 6.04 Å². The Labute approximate surface area is 100 Å². The van der Waals surface area contributed by atoms with E-state index in [2.05, 4.69) is 10.3 Å². The number of pyridine rings is 1. The zero-order chi connectivity index (χ0) is 12.3. The van der Waals surface area contributed by atoms with Crippen LogP contribution < -0.4 is 5.32 Å². The smallest absolute Gasteiger partial charge is 0.242 e. The summed E-state index contributed by atoms with van der Waals surface area (Å²) in [7, 11) is 0. The third-order valence-electron chi connectivity index (χ3n) is 2.90. The number of rotatable bonds is 3. The summed E-state index contributed by atoms with van der Waals surface area (Å²) in [5.41, 5.74) is 1.05. The van der Waals surface area contributed by atoms with Crippen LogP contribution in [0.3, 0.4) is 0 Å². The third kappa shape index (κ3) is 2.81. The summed E-state index contributed by atoms with van der Waals surface area (Å²) in [5.74, 6) is -0.0394. The van der Waals surface area contributed by atoms with E-state index in [0.717, 1.165) is 5.56 Å². The second-order valence-electron chi connectivity index (χ2n) is 4.38. The second-order valence-corrected chi connectivity index (χ2v) is 4.38. The van der Waals surface area contributed by atoms with Gasteiger partial charge in [0.2, 0.25) is 5.91 Å². The maximum absolute atomic E-state index is 12.0. The first-order valence-electron chi connectivity index (χ1n) is 5.75. The van der Waals surface area contributed by atoms with Crippen LogP contribution in [0.15, 0.2) is 24.5 Å². The zero-order valence-corrected chi connectivity index (χ0v) is 9.84. The first-order valence-corrected chi connectivity index (χ1v) is 5.75. The van der Waals surface area contributed by atoms with E-state index in [0.29, 0.717) is 13.1 Å². The number of aliphatic hydroxyl groups is 1. The van der Waals surface area contributed by atoms with Crippen LogP contribution in [0.1, 0.15) is 12.5 Å². The normalized spacial score (nSPS) is 25.1. The molecule has 0 aliphatic carbocycles. The summed E-state index contributed by atoms with van der Waals surface area (Å²) >= 11 is 0. The number of carbonyl (C=O) groups is 1. The Morgan fingerprint density at radius 3 is 2.88 bits per heavy atom. The van der Waals surface area contributed by atoms with Crippen LogP contribution >= 0.6 is 0 Å². The van der Waals surface area contributed by atoms with Crippen molar-refractivity contribution in [3.63, 3.8) is 0 Å². The minimum atomic E-state index is -0.472. The predicted molar refractivity (Wildman–Crippen MR) is 63.1 cm³/mol. The van der Waals surface area contributed by atoms with Crippen molar-refractivity contribution in [2.75, 3.05) is 13.2 Å². The Morgan fingerprint density at radius 2 is 2.24 bits per heavy atom. The number of nitrogens with one attached hydrogen (secondary N) is 1. The van der Waals surface area contributed by atoms with Crippen molar-refractivity contribution < 1.29 is 9.90 Å². The van der Waals surface area contributed by atoms with Crippen LogP contribution in [-0.4, -0.2) is 46.1 Å². The van der Waals surface area contributed by atoms with Gasteiger partial charge in [0.15, 0.2) is 0 Å². The summed E-state index contributed by atoms with van der Waals surface area (Å²) in [6.45, 7) is 3.09. The zero-order valence-electron chi connectivity index (χ0n) is 9.84. The molecule has 2 rings (SSSR count). The van der Waals surface area contributed by atoms with Gasteiger partial charge in [-0.2, -0.15) is 0 Å². The van der Waals surface area contributed by atoms with Gasteiger partial charge in [-0.3, -0.25) is 15.1 Å². The van der Waals surface area contributed by atoms with E-state index in [9.17, 15) is 4.79 Å². The number of nitrogens with zero attached hydrogens (tertiary/aromatic N) is 2. The summed E-state index contributed by atoms with van der Waals surface area (Å²) < 4.78 is 0. The van der Waals surface area contributed by atoms with Crippen LogP contribution in [0.2, 0.25) is 0 Å². The molecular formula is C12H17N3O2. The minimum absolute atomic E-state index is 0.0394. The van der Waals surface area contributed by atoms with Crippen molar-refractivity contribution in [3.8, 4) is 0 Å². The molecule has 1 aliphatic heterocycles. The molecule has 1 aromatic heterocycles. The summed E-state index contributed by atoms with van der Waals surface area (Å²) in [5, 5.41) is 12.2. The Kier molecular flexibility index (Phi) is 3.71. The molecule has 5 heteroatoms. The van der Waals surface area contributed by atoms with Gasteiger partial charge >= 0.3 is 0 Å². The van der Waals surface area contributed by atoms with E-state index in [1.54, 1.807) is 17.3 Å². The fourth-order valence-corrected chi connectivity index (χ4v) is 2.09. The number of hydrogen-bond acceptors (Lipinski definition) is 4. The van der Waals surface area contributed by atoms with Crippen LogP contribution in [0.5, 0.6) is 0 Å². The molecule has 5 nitrogen and oxygen atoms in total. The highest BCUT2D eigenvalue weighted by Gasteiger charge is 2.31. The molecule has 0 radical (unpaired) electrons. The highest BCUT2D eigenvalue weighted by Crippen LogP contribution is 2.10. The largest absolute Gasteiger partial charge is 0.394 e. The molecule has 1 saturated heterocycles. The van der Waals surface area contributed by atoms with Gasteiger partial charge in [0, 0.05) is 31.5 Å². The Morgan fingerprint density at radius 1 is 1.53 bits per heavy atom. The quantitative estimate of drug-likeness (QED) is 0.759. The second kappa shape index (κ2) is 5.25. The first kappa shape index (κ1) is 12.0. The van der Waals surface area contributed by atoms with Gasteiger partial charge in [-0.15, -0.1) is 0 Å². The number of piperazine rings is 1. The van der Waals surface area contributed by atoms with Crippen molar-refractivity contribution in [1.29, 1.82) is 0 Å². The number of carbonyl (C=O) groups excluding carboxylic acids is 1. The van der Waals surface area contributed by atoms with E-state index >= 15 is 0 Å². The van der Waals surface area contributed by atoms with Crippen LogP contribution in [-0.2, 0) is 11.3 Å². The standard InChI is InChI=1S/C12H17N3O2/c1-9-6-15(12(17)11(8-16)14-9)7-10-2-4-13-5-3-10/h2-5,9,11,14,16H,6-8H2,1H3. The summed E-state index contributed by atoms with van der Waals surface area (Å²) in [4.78, 5) is 17.7. The van der Waals surface area contributed by atoms with E-state index in [-0.39, 0.29) is 18.6 Å². The van der Waals surface area contributed by atoms with E-state index < -0.39 is 6.04 Å². The molecule has 0 aromatic carbocycles. The molecular weight excluding hydrogens is 218 g/mol. The summed E-state index contributed by atoms with van der Waals surface area (Å²) in [6, 6.07) is 3.52. The predicted octanol–water partition coefficient (Wildman–Crippen LogP) is -0.237. The topological polar surface area (TPSA) is 65.5 Å². The monoisotopic (exact) mass is 235 g/mol. The van der Waals surface area contributed by atoms with Crippen LogP contribution in [0.4, 0.5) is 0 Å². The lowest BCUT2D eigenvalue weighted by atomic mass is 10.1. The van der Waals surface area contributed by atoms with Gasteiger partial charge < -0.3 is 10.0 Å². The van der Waals surface area contributed by atoms with E-state index in [1.165, 1.54) is 0 Å². The maximum Gasteiger partial charge on any atom is 0.242 e. The molecule has 0 bridgehead atoms. The SMILES string of the molecule is CC1CN(Cc2ccncc2)C(=O)C(CO)N1. The third-order valence-corrected chi connectivity index (χ3v) is 2.90. The molecule has 2 atom stereocenters. The minimum Gasteiger partial charge on any atom is -0.394 e.